The molecule has 0 saturated carbocycles. The first-order valence-electron chi connectivity index (χ1n) is 4.50. The van der Waals surface area contributed by atoms with Crippen molar-refractivity contribution in [3.8, 4) is 11.5 Å². The van der Waals surface area contributed by atoms with Gasteiger partial charge in [0.05, 0.1) is 8.95 Å². The van der Waals surface area contributed by atoms with E-state index >= 15 is 0 Å². The second-order valence-electron chi connectivity index (χ2n) is 3.82. The van der Waals surface area contributed by atoms with Gasteiger partial charge in [-0.25, -0.2) is 0 Å². The van der Waals surface area contributed by atoms with Gasteiger partial charge in [0.2, 0.25) is 5.79 Å². The van der Waals surface area contributed by atoms with E-state index in [0.717, 1.165) is 35.8 Å². The lowest BCUT2D eigenvalue weighted by molar-refractivity contribution is -0.0437. The molecule has 0 aromatic heterocycles. The summed E-state index contributed by atoms with van der Waals surface area (Å²) in [6.07, 6.45) is 0. The number of hydrogen-bond acceptors (Lipinski definition) is 2. The van der Waals surface area contributed by atoms with Gasteiger partial charge in [-0.2, -0.15) is 0 Å². The minimum atomic E-state index is -0.627. The quantitative estimate of drug-likeness (QED) is 0.398. The van der Waals surface area contributed by atoms with Crippen molar-refractivity contribution < 1.29 is 9.47 Å². The minimum absolute atomic E-state index is 0.627. The molecule has 0 unspecified atom stereocenters. The molecule has 0 fully saturated rings. The Morgan fingerprint density at radius 3 is 1.94 bits per heavy atom. The fourth-order valence-corrected chi connectivity index (χ4v) is 4.67. The van der Waals surface area contributed by atoms with Gasteiger partial charge in [-0.15, -0.1) is 0 Å². The first kappa shape index (κ1) is 13.2. The van der Waals surface area contributed by atoms with E-state index in [4.69, 9.17) is 9.47 Å². The highest BCUT2D eigenvalue weighted by atomic mass is 79.9. The molecule has 0 spiro atoms. The Balaban J connectivity index is 2.68. The predicted octanol–water partition coefficient (Wildman–Crippen LogP) is 5.38. The number of fused-ring (bicyclic) bond motifs is 1. The highest BCUT2D eigenvalue weighted by molar-refractivity contribution is 9.13. The molecule has 0 bridgehead atoms. The Kier molecular flexibility index (Phi) is 3.66. The first-order valence-corrected chi connectivity index (χ1v) is 8.00. The molecule has 1 aliphatic heterocycles. The Labute approximate surface area is 128 Å². The zero-order valence-electron chi connectivity index (χ0n) is 8.54. The Morgan fingerprint density at radius 1 is 0.938 bits per heavy atom. The van der Waals surface area contributed by atoms with E-state index in [0.29, 0.717) is 0 Å². The van der Waals surface area contributed by atoms with Crippen molar-refractivity contribution in [1.29, 1.82) is 0 Å². The van der Waals surface area contributed by atoms with Crippen LogP contribution < -0.4 is 9.47 Å². The van der Waals surface area contributed by atoms with Crippen LogP contribution in [-0.4, -0.2) is 5.79 Å². The molecule has 2 rings (SSSR count). The Bertz CT molecular complexity index is 457. The number of benzene rings is 1. The SMILES string of the molecule is CC1(C)Oc2c(Br)c(Br)c(CBr)c(Br)c2O1. The van der Waals surface area contributed by atoms with Crippen molar-refractivity contribution in [3.63, 3.8) is 0 Å². The van der Waals surface area contributed by atoms with Crippen LogP contribution in [0.3, 0.4) is 0 Å². The summed E-state index contributed by atoms with van der Waals surface area (Å²) in [7, 11) is 0. The van der Waals surface area contributed by atoms with Crippen LogP contribution in [0.4, 0.5) is 0 Å². The zero-order valence-corrected chi connectivity index (χ0v) is 14.9. The molecule has 16 heavy (non-hydrogen) atoms. The van der Waals surface area contributed by atoms with Crippen LogP contribution in [0.2, 0.25) is 0 Å². The monoisotopic (exact) mass is 476 g/mol. The maximum Gasteiger partial charge on any atom is 0.246 e. The summed E-state index contributed by atoms with van der Waals surface area (Å²) in [5, 5.41) is 0.726. The minimum Gasteiger partial charge on any atom is -0.448 e. The average molecular weight is 480 g/mol. The topological polar surface area (TPSA) is 18.5 Å². The van der Waals surface area contributed by atoms with E-state index in [1.54, 1.807) is 0 Å². The third-order valence-electron chi connectivity index (χ3n) is 2.16. The van der Waals surface area contributed by atoms with E-state index < -0.39 is 5.79 Å². The van der Waals surface area contributed by atoms with E-state index in [1.807, 2.05) is 13.8 Å². The molecule has 0 radical (unpaired) electrons. The Hall–Kier alpha value is 0.740. The first-order chi connectivity index (χ1) is 7.37. The normalized spacial score (nSPS) is 16.6. The number of rotatable bonds is 1. The molecule has 0 saturated heterocycles. The van der Waals surface area contributed by atoms with Gasteiger partial charge >= 0.3 is 0 Å². The number of halogens is 4. The van der Waals surface area contributed by atoms with Crippen molar-refractivity contribution in [2.75, 3.05) is 0 Å². The molecule has 0 aliphatic carbocycles. The molecular weight excluding hydrogens is 472 g/mol. The van der Waals surface area contributed by atoms with Crippen molar-refractivity contribution >= 4 is 63.7 Å². The number of ether oxygens (including phenoxy) is 2. The summed E-state index contributed by atoms with van der Waals surface area (Å²) in [6.45, 7) is 3.77. The molecule has 1 aromatic carbocycles. The molecule has 0 amide bonds. The number of hydrogen-bond donors (Lipinski definition) is 0. The summed E-state index contributed by atoms with van der Waals surface area (Å²) >= 11 is 14.1. The third-order valence-corrected chi connectivity index (χ3v) is 5.72. The van der Waals surface area contributed by atoms with Gasteiger partial charge in [-0.3, -0.25) is 0 Å². The fraction of sp³-hybridized carbons (Fsp3) is 0.400. The lowest BCUT2D eigenvalue weighted by Crippen LogP contribution is -2.29. The van der Waals surface area contributed by atoms with Crippen LogP contribution >= 0.6 is 63.7 Å². The van der Waals surface area contributed by atoms with E-state index in [-0.39, 0.29) is 0 Å². The average Bonchev–Trinajstić information content (AvgIpc) is 2.52. The van der Waals surface area contributed by atoms with Gasteiger partial charge in [-0.1, -0.05) is 15.9 Å². The summed E-state index contributed by atoms with van der Waals surface area (Å²) in [5.41, 5.74) is 1.09. The second kappa shape index (κ2) is 4.44. The van der Waals surface area contributed by atoms with Gasteiger partial charge < -0.3 is 9.47 Å². The van der Waals surface area contributed by atoms with Crippen LogP contribution in [0.15, 0.2) is 13.4 Å². The van der Waals surface area contributed by atoms with E-state index in [1.165, 1.54) is 0 Å². The van der Waals surface area contributed by atoms with Crippen molar-refractivity contribution in [3.05, 3.63) is 19.0 Å². The largest absolute Gasteiger partial charge is 0.448 e. The number of alkyl halides is 1. The van der Waals surface area contributed by atoms with Gasteiger partial charge in [0.1, 0.15) is 0 Å². The summed E-state index contributed by atoms with van der Waals surface area (Å²) in [6, 6.07) is 0. The third kappa shape index (κ3) is 2.06. The molecule has 6 heteroatoms. The van der Waals surface area contributed by atoms with E-state index in [2.05, 4.69) is 63.7 Å². The summed E-state index contributed by atoms with van der Waals surface area (Å²) in [4.78, 5) is 0. The van der Waals surface area contributed by atoms with Crippen molar-refractivity contribution in [2.24, 2.45) is 0 Å². The van der Waals surface area contributed by atoms with Crippen LogP contribution in [0.1, 0.15) is 19.4 Å². The van der Waals surface area contributed by atoms with Gasteiger partial charge in [0.15, 0.2) is 11.5 Å². The van der Waals surface area contributed by atoms with Crippen LogP contribution in [0, 0.1) is 0 Å². The lowest BCUT2D eigenvalue weighted by atomic mass is 10.2. The van der Waals surface area contributed by atoms with E-state index in [9.17, 15) is 0 Å². The summed E-state index contributed by atoms with van der Waals surface area (Å²) < 4.78 is 14.3. The van der Waals surface area contributed by atoms with Crippen LogP contribution in [0.25, 0.3) is 0 Å². The second-order valence-corrected chi connectivity index (χ2v) is 6.76. The predicted molar refractivity (Wildman–Crippen MR) is 77.5 cm³/mol. The highest BCUT2D eigenvalue weighted by Gasteiger charge is 2.37. The van der Waals surface area contributed by atoms with Gasteiger partial charge in [0.25, 0.3) is 0 Å². The van der Waals surface area contributed by atoms with Crippen molar-refractivity contribution in [2.45, 2.75) is 25.0 Å². The maximum atomic E-state index is 5.76. The fourth-order valence-electron chi connectivity index (χ4n) is 1.48. The molecule has 0 atom stereocenters. The molecular formula is C10H8Br4O2. The smallest absolute Gasteiger partial charge is 0.246 e. The molecule has 1 aliphatic rings. The van der Waals surface area contributed by atoms with Crippen LogP contribution in [0.5, 0.6) is 11.5 Å². The molecule has 1 heterocycles. The Morgan fingerprint density at radius 2 is 1.44 bits per heavy atom. The molecule has 2 nitrogen and oxygen atoms in total. The molecule has 1 aromatic rings. The molecule has 0 N–H and O–H groups in total. The molecule has 88 valence electrons. The lowest BCUT2D eigenvalue weighted by Gasteiger charge is -2.16. The standard InChI is InChI=1S/C10H8Br4O2/c1-10(2)15-8-6(13)4(3-11)5(12)7(14)9(8)16-10/h3H2,1-2H3. The van der Waals surface area contributed by atoms with Crippen molar-refractivity contribution in [1.82, 2.24) is 0 Å². The van der Waals surface area contributed by atoms with Gasteiger partial charge in [-0.05, 0) is 53.4 Å². The maximum absolute atomic E-state index is 5.76. The van der Waals surface area contributed by atoms with Gasteiger partial charge in [0, 0.05) is 23.7 Å². The van der Waals surface area contributed by atoms with Crippen LogP contribution in [-0.2, 0) is 5.33 Å². The zero-order chi connectivity index (χ0) is 12.1. The highest BCUT2D eigenvalue weighted by Crippen LogP contribution is 2.53. The summed E-state index contributed by atoms with van der Waals surface area (Å²) in [5.74, 6) is 0.848.